The number of nitrogens with one attached hydrogen (secondary N) is 1. The highest BCUT2D eigenvalue weighted by Gasteiger charge is 2.16. The largest absolute Gasteiger partial charge is 0.384 e. The second-order valence-electron chi connectivity index (χ2n) is 9.44. The number of carbonyl (C=O) groups is 1. The average molecular weight is 441 g/mol. The molecule has 0 aliphatic heterocycles. The Bertz CT molecular complexity index is 383. The van der Waals surface area contributed by atoms with Crippen LogP contribution in [0.3, 0.4) is 0 Å². The standard InChI is InChI=1S/C27H56N2O2/c1-5-8-9-10-11-12-13-14-15-16-17-18-19-20-21-22-26(28-27(31)25(4)30)23-24-29(6-2)7-3/h25-26,30H,5-24H2,1-4H3,(H,28,31). The maximum Gasteiger partial charge on any atom is 0.248 e. The van der Waals surface area contributed by atoms with Gasteiger partial charge < -0.3 is 15.3 Å². The lowest BCUT2D eigenvalue weighted by Gasteiger charge is -2.24. The third-order valence-electron chi connectivity index (χ3n) is 6.57. The molecular weight excluding hydrogens is 384 g/mol. The second-order valence-corrected chi connectivity index (χ2v) is 9.44. The molecule has 186 valence electrons. The van der Waals surface area contributed by atoms with Gasteiger partial charge in [0, 0.05) is 12.6 Å². The minimum Gasteiger partial charge on any atom is -0.384 e. The van der Waals surface area contributed by atoms with Gasteiger partial charge in [0.2, 0.25) is 5.91 Å². The Morgan fingerprint density at radius 3 is 1.52 bits per heavy atom. The van der Waals surface area contributed by atoms with E-state index < -0.39 is 6.10 Å². The van der Waals surface area contributed by atoms with Crippen LogP contribution in [0.4, 0.5) is 0 Å². The molecule has 2 atom stereocenters. The Hall–Kier alpha value is -0.610. The Labute approximate surface area is 194 Å². The van der Waals surface area contributed by atoms with E-state index in [1.165, 1.54) is 96.3 Å². The molecule has 0 spiro atoms. The monoisotopic (exact) mass is 440 g/mol. The van der Waals surface area contributed by atoms with Crippen molar-refractivity contribution in [2.75, 3.05) is 19.6 Å². The van der Waals surface area contributed by atoms with Crippen molar-refractivity contribution < 1.29 is 9.90 Å². The van der Waals surface area contributed by atoms with Gasteiger partial charge >= 0.3 is 0 Å². The van der Waals surface area contributed by atoms with Crippen molar-refractivity contribution in [1.29, 1.82) is 0 Å². The van der Waals surface area contributed by atoms with Crippen molar-refractivity contribution in [2.24, 2.45) is 0 Å². The molecule has 4 nitrogen and oxygen atoms in total. The maximum atomic E-state index is 11.9. The number of nitrogens with zero attached hydrogens (tertiary/aromatic N) is 1. The summed E-state index contributed by atoms with van der Waals surface area (Å²) in [5.74, 6) is -0.231. The van der Waals surface area contributed by atoms with Gasteiger partial charge in [0.1, 0.15) is 6.10 Å². The van der Waals surface area contributed by atoms with Gasteiger partial charge in [-0.1, -0.05) is 117 Å². The molecule has 0 bridgehead atoms. The SMILES string of the molecule is CCCCCCCCCCCCCCCCCC(CCN(CC)CC)NC(=O)C(C)O. The Morgan fingerprint density at radius 2 is 1.13 bits per heavy atom. The molecule has 0 rings (SSSR count). The summed E-state index contributed by atoms with van der Waals surface area (Å²) < 4.78 is 0. The molecule has 0 aromatic rings. The predicted octanol–water partition coefficient (Wildman–Crippen LogP) is 6.85. The van der Waals surface area contributed by atoms with Crippen LogP contribution >= 0.6 is 0 Å². The molecule has 0 aromatic heterocycles. The van der Waals surface area contributed by atoms with E-state index >= 15 is 0 Å². The van der Waals surface area contributed by atoms with E-state index in [2.05, 4.69) is 31.0 Å². The van der Waals surface area contributed by atoms with Gasteiger partial charge in [-0.2, -0.15) is 0 Å². The van der Waals surface area contributed by atoms with Crippen LogP contribution in [0.5, 0.6) is 0 Å². The third-order valence-corrected chi connectivity index (χ3v) is 6.57. The highest BCUT2D eigenvalue weighted by molar-refractivity contribution is 5.80. The average Bonchev–Trinajstić information content (AvgIpc) is 2.76. The third kappa shape index (κ3) is 19.8. The second kappa shape index (κ2) is 22.6. The van der Waals surface area contributed by atoms with E-state index in [1.807, 2.05) is 0 Å². The lowest BCUT2D eigenvalue weighted by molar-refractivity contribution is -0.129. The highest BCUT2D eigenvalue weighted by atomic mass is 16.3. The van der Waals surface area contributed by atoms with Gasteiger partial charge in [0.25, 0.3) is 0 Å². The molecule has 0 aliphatic carbocycles. The molecule has 0 radical (unpaired) electrons. The predicted molar refractivity (Wildman–Crippen MR) is 136 cm³/mol. The van der Waals surface area contributed by atoms with Crippen molar-refractivity contribution in [1.82, 2.24) is 10.2 Å². The van der Waals surface area contributed by atoms with Crippen LogP contribution in [0.15, 0.2) is 0 Å². The summed E-state index contributed by atoms with van der Waals surface area (Å²) in [5, 5.41) is 12.6. The van der Waals surface area contributed by atoms with Crippen molar-refractivity contribution in [3.63, 3.8) is 0 Å². The first-order valence-corrected chi connectivity index (χ1v) is 13.8. The molecule has 2 N–H and O–H groups in total. The zero-order chi connectivity index (χ0) is 23.2. The molecule has 0 saturated heterocycles. The highest BCUT2D eigenvalue weighted by Crippen LogP contribution is 2.15. The van der Waals surface area contributed by atoms with E-state index in [-0.39, 0.29) is 11.9 Å². The number of hydrogen-bond donors (Lipinski definition) is 2. The molecule has 0 saturated carbocycles. The van der Waals surface area contributed by atoms with Crippen molar-refractivity contribution in [3.8, 4) is 0 Å². The summed E-state index contributed by atoms with van der Waals surface area (Å²) in [4.78, 5) is 14.3. The van der Waals surface area contributed by atoms with Crippen LogP contribution in [-0.2, 0) is 4.79 Å². The Balaban J connectivity index is 3.71. The Morgan fingerprint density at radius 1 is 0.710 bits per heavy atom. The van der Waals surface area contributed by atoms with Crippen LogP contribution in [0.2, 0.25) is 0 Å². The molecular formula is C27H56N2O2. The van der Waals surface area contributed by atoms with Gasteiger partial charge in [0.15, 0.2) is 0 Å². The maximum absolute atomic E-state index is 11.9. The van der Waals surface area contributed by atoms with Gasteiger partial charge in [-0.3, -0.25) is 4.79 Å². The molecule has 0 fully saturated rings. The summed E-state index contributed by atoms with van der Waals surface area (Å²) in [6, 6.07) is 0.185. The normalized spacial score (nSPS) is 13.5. The van der Waals surface area contributed by atoms with Gasteiger partial charge in [-0.25, -0.2) is 0 Å². The van der Waals surface area contributed by atoms with Crippen LogP contribution in [0, 0.1) is 0 Å². The van der Waals surface area contributed by atoms with Crippen molar-refractivity contribution in [2.45, 2.75) is 149 Å². The van der Waals surface area contributed by atoms with E-state index in [0.717, 1.165) is 32.5 Å². The van der Waals surface area contributed by atoms with Crippen molar-refractivity contribution in [3.05, 3.63) is 0 Å². The fourth-order valence-corrected chi connectivity index (χ4v) is 4.25. The topological polar surface area (TPSA) is 52.6 Å². The zero-order valence-electron chi connectivity index (χ0n) is 21.6. The zero-order valence-corrected chi connectivity index (χ0v) is 21.6. The van der Waals surface area contributed by atoms with E-state index in [4.69, 9.17) is 0 Å². The van der Waals surface area contributed by atoms with Crippen LogP contribution in [0.1, 0.15) is 137 Å². The molecule has 1 amide bonds. The minimum atomic E-state index is -0.919. The fourth-order valence-electron chi connectivity index (χ4n) is 4.25. The van der Waals surface area contributed by atoms with Gasteiger partial charge in [-0.05, 0) is 32.9 Å². The summed E-state index contributed by atoms with van der Waals surface area (Å²) in [6.45, 7) is 11.3. The van der Waals surface area contributed by atoms with E-state index in [0.29, 0.717) is 0 Å². The number of amides is 1. The van der Waals surface area contributed by atoms with E-state index in [9.17, 15) is 9.90 Å². The number of unbranched alkanes of at least 4 members (excludes halogenated alkanes) is 14. The Kier molecular flexibility index (Phi) is 22.1. The molecule has 2 unspecified atom stereocenters. The minimum absolute atomic E-state index is 0.185. The van der Waals surface area contributed by atoms with Gasteiger partial charge in [-0.15, -0.1) is 0 Å². The number of rotatable bonds is 23. The molecule has 0 aromatic carbocycles. The molecule has 0 aliphatic rings. The fraction of sp³-hybridized carbons (Fsp3) is 0.963. The number of carbonyl (C=O) groups excluding carboxylic acids is 1. The van der Waals surface area contributed by atoms with Gasteiger partial charge in [0.05, 0.1) is 0 Å². The molecule has 0 heterocycles. The summed E-state index contributed by atoms with van der Waals surface area (Å²) in [6.07, 6.45) is 21.7. The van der Waals surface area contributed by atoms with Crippen LogP contribution in [-0.4, -0.2) is 47.7 Å². The van der Waals surface area contributed by atoms with Crippen LogP contribution < -0.4 is 5.32 Å². The van der Waals surface area contributed by atoms with E-state index in [1.54, 1.807) is 6.92 Å². The smallest absolute Gasteiger partial charge is 0.248 e. The summed E-state index contributed by atoms with van der Waals surface area (Å²) in [7, 11) is 0. The lowest BCUT2D eigenvalue weighted by atomic mass is 10.0. The summed E-state index contributed by atoms with van der Waals surface area (Å²) >= 11 is 0. The first-order valence-electron chi connectivity index (χ1n) is 13.8. The first kappa shape index (κ1) is 30.4. The quantitative estimate of drug-likeness (QED) is 0.171. The lowest BCUT2D eigenvalue weighted by Crippen LogP contribution is -2.42. The molecule has 31 heavy (non-hydrogen) atoms. The van der Waals surface area contributed by atoms with Crippen LogP contribution in [0.25, 0.3) is 0 Å². The number of hydrogen-bond acceptors (Lipinski definition) is 3. The molecule has 4 heteroatoms. The first-order chi connectivity index (χ1) is 15.0. The van der Waals surface area contributed by atoms with Crippen molar-refractivity contribution >= 4 is 5.91 Å². The summed E-state index contributed by atoms with van der Waals surface area (Å²) in [5.41, 5.74) is 0. The number of aliphatic hydroxyl groups is 1. The number of aliphatic hydroxyl groups excluding tert-OH is 1.